The Labute approximate surface area is 144 Å². The van der Waals surface area contributed by atoms with E-state index in [0.29, 0.717) is 5.56 Å². The Kier molecular flexibility index (Phi) is 5.56. The largest absolute Gasteiger partial charge is 0.349 e. The highest BCUT2D eigenvalue weighted by atomic mass is 32.2. The Morgan fingerprint density at radius 1 is 0.833 bits per heavy atom. The standard InChI is InChI=1S/C18H26N2O3S/c21-18(19-15-6-4-5-7-15)14-10-12-17(13-11-14)24(22,23)20-16-8-2-1-3-9-16/h10-13,15-16,20H,1-9H2,(H,19,21). The van der Waals surface area contributed by atoms with Crippen LogP contribution in [0.2, 0.25) is 0 Å². The number of amides is 1. The van der Waals surface area contributed by atoms with Gasteiger partial charge < -0.3 is 5.32 Å². The van der Waals surface area contributed by atoms with Crippen molar-refractivity contribution in [2.45, 2.75) is 74.8 Å². The summed E-state index contributed by atoms with van der Waals surface area (Å²) in [5.74, 6) is -0.119. The van der Waals surface area contributed by atoms with Crippen LogP contribution in [-0.2, 0) is 10.0 Å². The van der Waals surface area contributed by atoms with E-state index in [9.17, 15) is 13.2 Å². The lowest BCUT2D eigenvalue weighted by molar-refractivity contribution is 0.0938. The van der Waals surface area contributed by atoms with E-state index in [0.717, 1.165) is 51.4 Å². The summed E-state index contributed by atoms with van der Waals surface area (Å²) in [5, 5.41) is 3.02. The van der Waals surface area contributed by atoms with Crippen molar-refractivity contribution in [3.8, 4) is 0 Å². The molecule has 0 heterocycles. The van der Waals surface area contributed by atoms with Gasteiger partial charge in [-0.05, 0) is 49.9 Å². The fraction of sp³-hybridized carbons (Fsp3) is 0.611. The van der Waals surface area contributed by atoms with Crippen LogP contribution in [-0.4, -0.2) is 26.4 Å². The normalized spacial score (nSPS) is 20.2. The van der Waals surface area contributed by atoms with E-state index in [1.807, 2.05) is 0 Å². The molecule has 0 aliphatic heterocycles. The molecule has 0 atom stereocenters. The Hall–Kier alpha value is -1.40. The SMILES string of the molecule is O=C(NC1CCCC1)c1ccc(S(=O)(=O)NC2CCCCC2)cc1. The zero-order valence-corrected chi connectivity index (χ0v) is 14.8. The van der Waals surface area contributed by atoms with Gasteiger partial charge in [0, 0.05) is 17.6 Å². The summed E-state index contributed by atoms with van der Waals surface area (Å²) in [7, 11) is -3.51. The molecule has 0 saturated heterocycles. The van der Waals surface area contributed by atoms with Crippen molar-refractivity contribution in [1.82, 2.24) is 10.0 Å². The number of carbonyl (C=O) groups excluding carboxylic acids is 1. The first-order valence-corrected chi connectivity index (χ1v) is 10.5. The molecule has 1 amide bonds. The maximum atomic E-state index is 12.4. The van der Waals surface area contributed by atoms with E-state index in [-0.39, 0.29) is 22.9 Å². The van der Waals surface area contributed by atoms with Crippen LogP contribution in [0, 0.1) is 0 Å². The summed E-state index contributed by atoms with van der Waals surface area (Å²) < 4.78 is 27.7. The minimum Gasteiger partial charge on any atom is -0.349 e. The molecule has 1 aromatic rings. The number of hydrogen-bond donors (Lipinski definition) is 2. The van der Waals surface area contributed by atoms with Crippen molar-refractivity contribution < 1.29 is 13.2 Å². The average molecular weight is 350 g/mol. The second-order valence-electron chi connectivity index (χ2n) is 6.94. The molecule has 5 nitrogen and oxygen atoms in total. The maximum Gasteiger partial charge on any atom is 0.251 e. The summed E-state index contributed by atoms with van der Waals surface area (Å²) in [4.78, 5) is 12.4. The van der Waals surface area contributed by atoms with Crippen LogP contribution in [0.1, 0.15) is 68.1 Å². The van der Waals surface area contributed by atoms with Crippen LogP contribution in [0.15, 0.2) is 29.2 Å². The number of benzene rings is 1. The van der Waals surface area contributed by atoms with Crippen molar-refractivity contribution >= 4 is 15.9 Å². The first-order chi connectivity index (χ1) is 11.5. The molecule has 2 aliphatic rings. The molecule has 0 radical (unpaired) electrons. The fourth-order valence-electron chi connectivity index (χ4n) is 3.63. The molecule has 24 heavy (non-hydrogen) atoms. The van der Waals surface area contributed by atoms with Gasteiger partial charge in [0.1, 0.15) is 0 Å². The highest BCUT2D eigenvalue weighted by Crippen LogP contribution is 2.21. The van der Waals surface area contributed by atoms with E-state index in [1.54, 1.807) is 12.1 Å². The van der Waals surface area contributed by atoms with Gasteiger partial charge >= 0.3 is 0 Å². The third-order valence-corrected chi connectivity index (χ3v) is 6.58. The number of rotatable bonds is 5. The van der Waals surface area contributed by atoms with Crippen LogP contribution in [0.3, 0.4) is 0 Å². The molecule has 0 bridgehead atoms. The molecule has 3 rings (SSSR count). The molecule has 2 aliphatic carbocycles. The molecule has 6 heteroatoms. The van der Waals surface area contributed by atoms with Gasteiger partial charge in [0.15, 0.2) is 0 Å². The highest BCUT2D eigenvalue weighted by Gasteiger charge is 2.22. The molecule has 132 valence electrons. The summed E-state index contributed by atoms with van der Waals surface area (Å²) in [5.41, 5.74) is 0.513. The van der Waals surface area contributed by atoms with Crippen molar-refractivity contribution in [3.05, 3.63) is 29.8 Å². The summed E-state index contributed by atoms with van der Waals surface area (Å²) in [6.45, 7) is 0. The Morgan fingerprint density at radius 2 is 1.38 bits per heavy atom. The van der Waals surface area contributed by atoms with E-state index in [4.69, 9.17) is 0 Å². The van der Waals surface area contributed by atoms with Crippen molar-refractivity contribution in [2.24, 2.45) is 0 Å². The summed E-state index contributed by atoms with van der Waals surface area (Å²) in [6.07, 6.45) is 9.53. The third-order valence-electron chi connectivity index (χ3n) is 5.04. The first-order valence-electron chi connectivity index (χ1n) is 8.98. The van der Waals surface area contributed by atoms with Crippen molar-refractivity contribution in [2.75, 3.05) is 0 Å². The molecule has 0 aromatic heterocycles. The minimum absolute atomic E-state index is 0.0362. The Morgan fingerprint density at radius 3 is 2.00 bits per heavy atom. The van der Waals surface area contributed by atoms with E-state index < -0.39 is 10.0 Å². The molecule has 2 fully saturated rings. The minimum atomic E-state index is -3.51. The second kappa shape index (κ2) is 7.66. The van der Waals surface area contributed by atoms with Crippen molar-refractivity contribution in [3.63, 3.8) is 0 Å². The topological polar surface area (TPSA) is 75.3 Å². The highest BCUT2D eigenvalue weighted by molar-refractivity contribution is 7.89. The Balaban J connectivity index is 1.63. The second-order valence-corrected chi connectivity index (χ2v) is 8.65. The summed E-state index contributed by atoms with van der Waals surface area (Å²) in [6, 6.07) is 6.53. The van der Waals surface area contributed by atoms with Gasteiger partial charge in [-0.25, -0.2) is 13.1 Å². The smallest absolute Gasteiger partial charge is 0.251 e. The van der Waals surface area contributed by atoms with Crippen LogP contribution in [0.4, 0.5) is 0 Å². The van der Waals surface area contributed by atoms with E-state index in [1.165, 1.54) is 18.6 Å². The van der Waals surface area contributed by atoms with Gasteiger partial charge in [-0.2, -0.15) is 0 Å². The predicted octanol–water partition coefficient (Wildman–Crippen LogP) is 2.97. The van der Waals surface area contributed by atoms with Crippen LogP contribution >= 0.6 is 0 Å². The maximum absolute atomic E-state index is 12.4. The monoisotopic (exact) mass is 350 g/mol. The van der Waals surface area contributed by atoms with Crippen LogP contribution < -0.4 is 10.0 Å². The Bertz CT molecular complexity index is 658. The number of carbonyl (C=O) groups is 1. The quantitative estimate of drug-likeness (QED) is 0.857. The molecule has 1 aromatic carbocycles. The lowest BCUT2D eigenvalue weighted by atomic mass is 9.96. The average Bonchev–Trinajstić information content (AvgIpc) is 3.08. The molecule has 0 unspecified atom stereocenters. The first kappa shape index (κ1) is 17.4. The molecular weight excluding hydrogens is 324 g/mol. The van der Waals surface area contributed by atoms with Crippen molar-refractivity contribution in [1.29, 1.82) is 0 Å². The lowest BCUT2D eigenvalue weighted by Crippen LogP contribution is -2.36. The molecule has 2 saturated carbocycles. The predicted molar refractivity (Wildman–Crippen MR) is 93.4 cm³/mol. The zero-order valence-electron chi connectivity index (χ0n) is 14.0. The van der Waals surface area contributed by atoms with Gasteiger partial charge in [0.25, 0.3) is 5.91 Å². The molecule has 0 spiro atoms. The number of hydrogen-bond acceptors (Lipinski definition) is 3. The zero-order chi connectivity index (χ0) is 17.0. The number of nitrogens with one attached hydrogen (secondary N) is 2. The van der Waals surface area contributed by atoms with E-state index in [2.05, 4.69) is 10.0 Å². The number of sulfonamides is 1. The van der Waals surface area contributed by atoms with Gasteiger partial charge in [-0.3, -0.25) is 4.79 Å². The van der Waals surface area contributed by atoms with Gasteiger partial charge in [0.2, 0.25) is 10.0 Å². The van der Waals surface area contributed by atoms with Gasteiger partial charge in [0.05, 0.1) is 4.90 Å². The van der Waals surface area contributed by atoms with Gasteiger partial charge in [-0.15, -0.1) is 0 Å². The summed E-state index contributed by atoms with van der Waals surface area (Å²) >= 11 is 0. The van der Waals surface area contributed by atoms with E-state index >= 15 is 0 Å². The lowest BCUT2D eigenvalue weighted by Gasteiger charge is -2.22. The third kappa shape index (κ3) is 4.36. The molecule has 2 N–H and O–H groups in total. The van der Waals surface area contributed by atoms with Gasteiger partial charge in [-0.1, -0.05) is 32.1 Å². The molecular formula is C18H26N2O3S. The fourth-order valence-corrected chi connectivity index (χ4v) is 4.94. The van der Waals surface area contributed by atoms with Crippen LogP contribution in [0.25, 0.3) is 0 Å². The van der Waals surface area contributed by atoms with Crippen LogP contribution in [0.5, 0.6) is 0 Å².